The number of nitrogens with two attached hydrogens (primary N) is 1. The van der Waals surface area contributed by atoms with E-state index in [9.17, 15) is 9.90 Å². The summed E-state index contributed by atoms with van der Waals surface area (Å²) in [6.45, 7) is 0.425. The van der Waals surface area contributed by atoms with Crippen LogP contribution < -0.4 is 11.3 Å². The molecule has 84 valence electrons. The van der Waals surface area contributed by atoms with E-state index in [1.54, 1.807) is 29.8 Å². The lowest BCUT2D eigenvalue weighted by Crippen LogP contribution is -2.23. The van der Waals surface area contributed by atoms with Crippen LogP contribution in [-0.4, -0.2) is 16.2 Å². The minimum atomic E-state index is -0.0523. The summed E-state index contributed by atoms with van der Waals surface area (Å²) < 4.78 is 1.54. The van der Waals surface area contributed by atoms with E-state index in [-0.39, 0.29) is 11.3 Å². The monoisotopic (exact) mass is 218 g/mol. The van der Waals surface area contributed by atoms with Gasteiger partial charge in [0.05, 0.1) is 5.52 Å². The maximum atomic E-state index is 11.9. The third-order valence-electron chi connectivity index (χ3n) is 2.73. The van der Waals surface area contributed by atoms with Crippen LogP contribution in [0.4, 0.5) is 0 Å². The normalized spacial score (nSPS) is 10.9. The molecule has 16 heavy (non-hydrogen) atoms. The summed E-state index contributed by atoms with van der Waals surface area (Å²) in [5.41, 5.74) is 6.76. The van der Waals surface area contributed by atoms with Gasteiger partial charge in [0.15, 0.2) is 0 Å². The van der Waals surface area contributed by atoms with Gasteiger partial charge in [0.1, 0.15) is 5.75 Å². The molecule has 0 saturated carbocycles. The lowest BCUT2D eigenvalue weighted by atomic mass is 10.1. The van der Waals surface area contributed by atoms with E-state index >= 15 is 0 Å². The summed E-state index contributed by atoms with van der Waals surface area (Å²) in [4.78, 5) is 11.9. The molecule has 0 aliphatic heterocycles. The van der Waals surface area contributed by atoms with E-state index in [1.807, 2.05) is 6.07 Å². The van der Waals surface area contributed by atoms with Crippen molar-refractivity contribution in [3.63, 3.8) is 0 Å². The third kappa shape index (κ3) is 1.57. The average Bonchev–Trinajstić information content (AvgIpc) is 2.27. The van der Waals surface area contributed by atoms with E-state index in [1.165, 1.54) is 0 Å². The van der Waals surface area contributed by atoms with E-state index in [2.05, 4.69) is 0 Å². The molecule has 2 aromatic rings. The highest BCUT2D eigenvalue weighted by Crippen LogP contribution is 2.23. The van der Waals surface area contributed by atoms with E-state index in [4.69, 9.17) is 5.73 Å². The first kappa shape index (κ1) is 10.7. The molecule has 1 heterocycles. The van der Waals surface area contributed by atoms with Crippen LogP contribution in [0.15, 0.2) is 29.1 Å². The number of aromatic nitrogens is 1. The van der Waals surface area contributed by atoms with Gasteiger partial charge in [-0.3, -0.25) is 4.79 Å². The molecule has 0 spiro atoms. The lowest BCUT2D eigenvalue weighted by molar-refractivity contribution is 0.481. The highest BCUT2D eigenvalue weighted by Gasteiger charge is 2.08. The van der Waals surface area contributed by atoms with Crippen LogP contribution in [0.1, 0.15) is 5.56 Å². The van der Waals surface area contributed by atoms with Crippen molar-refractivity contribution in [2.24, 2.45) is 12.8 Å². The predicted octanol–water partition coefficient (Wildman–Crippen LogP) is 0.745. The maximum Gasteiger partial charge on any atom is 0.254 e. The molecule has 2 rings (SSSR count). The van der Waals surface area contributed by atoms with Crippen molar-refractivity contribution in [3.05, 3.63) is 40.2 Å². The molecule has 0 unspecified atom stereocenters. The van der Waals surface area contributed by atoms with Crippen LogP contribution in [0.2, 0.25) is 0 Å². The van der Waals surface area contributed by atoms with Crippen molar-refractivity contribution in [1.29, 1.82) is 0 Å². The molecule has 1 aromatic carbocycles. The number of aryl methyl sites for hydroxylation is 1. The molecule has 4 heteroatoms. The minimum Gasteiger partial charge on any atom is -0.507 e. The van der Waals surface area contributed by atoms with E-state index < -0.39 is 0 Å². The summed E-state index contributed by atoms with van der Waals surface area (Å²) in [7, 11) is 1.70. The zero-order chi connectivity index (χ0) is 11.7. The van der Waals surface area contributed by atoms with Crippen molar-refractivity contribution in [2.75, 3.05) is 6.54 Å². The molecule has 0 saturated heterocycles. The fourth-order valence-corrected chi connectivity index (χ4v) is 1.88. The first-order valence-electron chi connectivity index (χ1n) is 5.16. The Morgan fingerprint density at radius 1 is 1.44 bits per heavy atom. The number of hydrogen-bond donors (Lipinski definition) is 2. The number of phenols is 1. The molecular weight excluding hydrogens is 204 g/mol. The van der Waals surface area contributed by atoms with Crippen LogP contribution in [0, 0.1) is 0 Å². The molecule has 0 atom stereocenters. The molecule has 0 aliphatic carbocycles. The van der Waals surface area contributed by atoms with E-state index in [0.717, 1.165) is 5.52 Å². The molecule has 0 bridgehead atoms. The second-order valence-corrected chi connectivity index (χ2v) is 3.78. The van der Waals surface area contributed by atoms with Crippen molar-refractivity contribution in [1.82, 2.24) is 4.57 Å². The summed E-state index contributed by atoms with van der Waals surface area (Å²) in [5, 5.41) is 10.4. The molecule has 0 fully saturated rings. The second-order valence-electron chi connectivity index (χ2n) is 3.78. The Morgan fingerprint density at radius 3 is 2.88 bits per heavy atom. The highest BCUT2D eigenvalue weighted by atomic mass is 16.3. The van der Waals surface area contributed by atoms with Gasteiger partial charge in [-0.15, -0.1) is 0 Å². The number of aromatic hydroxyl groups is 1. The van der Waals surface area contributed by atoms with Gasteiger partial charge in [0.2, 0.25) is 0 Å². The summed E-state index contributed by atoms with van der Waals surface area (Å²) >= 11 is 0. The van der Waals surface area contributed by atoms with Gasteiger partial charge in [-0.2, -0.15) is 0 Å². The maximum absolute atomic E-state index is 11.9. The van der Waals surface area contributed by atoms with Crippen LogP contribution in [0.3, 0.4) is 0 Å². The molecular formula is C12H14N2O2. The van der Waals surface area contributed by atoms with Crippen LogP contribution in [0.5, 0.6) is 5.75 Å². The van der Waals surface area contributed by atoms with Crippen molar-refractivity contribution >= 4 is 10.9 Å². The fourth-order valence-electron chi connectivity index (χ4n) is 1.88. The van der Waals surface area contributed by atoms with Crippen molar-refractivity contribution < 1.29 is 5.11 Å². The first-order chi connectivity index (χ1) is 7.65. The van der Waals surface area contributed by atoms with Gasteiger partial charge in [-0.25, -0.2) is 0 Å². The third-order valence-corrected chi connectivity index (χ3v) is 2.73. The van der Waals surface area contributed by atoms with Crippen LogP contribution in [-0.2, 0) is 13.5 Å². The zero-order valence-corrected chi connectivity index (χ0v) is 9.10. The van der Waals surface area contributed by atoms with Gasteiger partial charge >= 0.3 is 0 Å². The Hall–Kier alpha value is -1.81. The fraction of sp³-hybridized carbons (Fsp3) is 0.250. The summed E-state index contributed by atoms with van der Waals surface area (Å²) in [5.74, 6) is 0.186. The average molecular weight is 218 g/mol. The van der Waals surface area contributed by atoms with Gasteiger partial charge in [-0.05, 0) is 31.2 Å². The molecule has 0 aliphatic rings. The number of pyridine rings is 1. The summed E-state index contributed by atoms with van der Waals surface area (Å²) in [6.07, 6.45) is 0.525. The number of phenolic OH excluding ortho intramolecular Hbond substituents is 1. The highest BCUT2D eigenvalue weighted by molar-refractivity contribution is 5.85. The first-order valence-corrected chi connectivity index (χ1v) is 5.16. The molecule has 4 nitrogen and oxygen atoms in total. The quantitative estimate of drug-likeness (QED) is 0.781. The number of benzene rings is 1. The standard InChI is InChI=1S/C12H14N2O2/c1-14-10-3-2-4-11(15)9(10)7-8(5-6-13)12(14)16/h2-4,7,15H,5-6,13H2,1H3. The SMILES string of the molecule is Cn1c(=O)c(CCN)cc2c(O)cccc21. The Morgan fingerprint density at radius 2 is 2.19 bits per heavy atom. The predicted molar refractivity (Wildman–Crippen MR) is 63.6 cm³/mol. The number of hydrogen-bond acceptors (Lipinski definition) is 3. The zero-order valence-electron chi connectivity index (χ0n) is 9.10. The molecule has 1 aromatic heterocycles. The summed E-state index contributed by atoms with van der Waals surface area (Å²) in [6, 6.07) is 6.86. The van der Waals surface area contributed by atoms with Crippen molar-refractivity contribution in [2.45, 2.75) is 6.42 Å². The lowest BCUT2D eigenvalue weighted by Gasteiger charge is -2.09. The topological polar surface area (TPSA) is 68.2 Å². The number of rotatable bonds is 2. The largest absolute Gasteiger partial charge is 0.507 e. The minimum absolute atomic E-state index is 0.0523. The Kier molecular flexibility index (Phi) is 2.66. The number of nitrogens with zero attached hydrogens (tertiary/aromatic N) is 1. The Bertz CT molecular complexity index is 587. The van der Waals surface area contributed by atoms with Crippen LogP contribution >= 0.6 is 0 Å². The van der Waals surface area contributed by atoms with Gasteiger partial charge in [0, 0.05) is 18.0 Å². The van der Waals surface area contributed by atoms with E-state index in [0.29, 0.717) is 23.9 Å². The Labute approximate surface area is 92.9 Å². The van der Waals surface area contributed by atoms with Gasteiger partial charge in [0.25, 0.3) is 5.56 Å². The smallest absolute Gasteiger partial charge is 0.254 e. The molecule has 0 amide bonds. The number of fused-ring (bicyclic) bond motifs is 1. The van der Waals surface area contributed by atoms with Gasteiger partial charge in [-0.1, -0.05) is 6.07 Å². The second kappa shape index (κ2) is 3.98. The van der Waals surface area contributed by atoms with Crippen molar-refractivity contribution in [3.8, 4) is 5.75 Å². The molecule has 3 N–H and O–H groups in total. The Balaban J connectivity index is 2.83. The van der Waals surface area contributed by atoms with Crippen LogP contribution in [0.25, 0.3) is 10.9 Å². The molecule has 0 radical (unpaired) electrons. The van der Waals surface area contributed by atoms with Gasteiger partial charge < -0.3 is 15.4 Å².